The Kier molecular flexibility index (Phi) is 5.62. The lowest BCUT2D eigenvalue weighted by atomic mass is 10.1. The third kappa shape index (κ3) is 4.02. The number of carbonyl (C=O) groups is 2. The van der Waals surface area contributed by atoms with Gasteiger partial charge in [-0.1, -0.05) is 66.7 Å². The summed E-state index contributed by atoms with van der Waals surface area (Å²) in [7, 11) is 0. The molecule has 0 aliphatic carbocycles. The van der Waals surface area contributed by atoms with E-state index in [1.165, 1.54) is 17.4 Å². The van der Waals surface area contributed by atoms with Crippen LogP contribution in [0.5, 0.6) is 0 Å². The molecule has 0 spiro atoms. The fraction of sp³-hybridized carbons (Fsp3) is 0.179. The van der Waals surface area contributed by atoms with Gasteiger partial charge >= 0.3 is 0 Å². The van der Waals surface area contributed by atoms with Crippen molar-refractivity contribution in [2.24, 2.45) is 4.99 Å². The van der Waals surface area contributed by atoms with E-state index in [2.05, 4.69) is 26.9 Å². The Morgan fingerprint density at radius 2 is 1.37 bits per heavy atom. The summed E-state index contributed by atoms with van der Waals surface area (Å²) < 4.78 is 0. The van der Waals surface area contributed by atoms with Crippen LogP contribution in [-0.4, -0.2) is 48.1 Å². The van der Waals surface area contributed by atoms with E-state index < -0.39 is 0 Å². The maximum absolute atomic E-state index is 13.6. The van der Waals surface area contributed by atoms with E-state index in [4.69, 9.17) is 0 Å². The maximum Gasteiger partial charge on any atom is 0.287 e. The molecule has 1 fully saturated rings. The van der Waals surface area contributed by atoms with Gasteiger partial charge in [0, 0.05) is 37.4 Å². The molecule has 174 valence electrons. The van der Waals surface area contributed by atoms with E-state index in [0.29, 0.717) is 22.2 Å². The average molecular weight is 481 g/mol. The van der Waals surface area contributed by atoms with Gasteiger partial charge in [0.2, 0.25) is 0 Å². The summed E-state index contributed by atoms with van der Waals surface area (Å²) >= 11 is 1.34. The summed E-state index contributed by atoms with van der Waals surface area (Å²) in [5.74, 6) is -0.466. The van der Waals surface area contributed by atoms with Crippen LogP contribution >= 0.6 is 11.8 Å². The Labute approximate surface area is 208 Å². The molecule has 3 aliphatic rings. The molecule has 1 saturated heterocycles. The molecule has 0 unspecified atom stereocenters. The second kappa shape index (κ2) is 9.07. The summed E-state index contributed by atoms with van der Waals surface area (Å²) in [6, 6.07) is 28.0. The molecule has 6 nitrogen and oxygen atoms in total. The zero-order valence-electron chi connectivity index (χ0n) is 19.1. The lowest BCUT2D eigenvalue weighted by Gasteiger charge is -2.36. The molecule has 7 heteroatoms. The zero-order valence-corrected chi connectivity index (χ0v) is 19.9. The monoisotopic (exact) mass is 480 g/mol. The molecule has 0 bridgehead atoms. The van der Waals surface area contributed by atoms with Crippen LogP contribution in [0.3, 0.4) is 0 Å². The summed E-state index contributed by atoms with van der Waals surface area (Å²) in [5.41, 5.74) is 4.35. The zero-order chi connectivity index (χ0) is 23.8. The molecule has 35 heavy (non-hydrogen) atoms. The largest absolute Gasteiger partial charge is 0.368 e. The number of thioether (sulfide) groups is 1. The molecular formula is C28H24N4O2S. The third-order valence-corrected chi connectivity index (χ3v) is 7.71. The standard InChI is InChI=1S/C28H24N4O2S/c33-26-25(35-28(29-26)31-17-15-30(16-18-31)21-11-5-2-6-12-21)24-22-13-7-8-14-23(22)32(27(24)34)19-20-9-3-1-4-10-20/h1-14H,15-19H2. The van der Waals surface area contributed by atoms with Gasteiger partial charge in [-0.05, 0) is 35.5 Å². The average Bonchev–Trinajstić information content (AvgIpc) is 3.42. The number of hydrogen-bond acceptors (Lipinski definition) is 5. The molecule has 0 atom stereocenters. The Morgan fingerprint density at radius 3 is 2.11 bits per heavy atom. The lowest BCUT2D eigenvalue weighted by molar-refractivity contribution is -0.115. The highest BCUT2D eigenvalue weighted by Crippen LogP contribution is 2.44. The summed E-state index contributed by atoms with van der Waals surface area (Å²) in [4.78, 5) is 37.7. The molecule has 0 N–H and O–H groups in total. The van der Waals surface area contributed by atoms with Crippen molar-refractivity contribution in [1.29, 1.82) is 0 Å². The van der Waals surface area contributed by atoms with Crippen molar-refractivity contribution >= 4 is 45.7 Å². The van der Waals surface area contributed by atoms with Crippen LogP contribution in [0.25, 0.3) is 5.57 Å². The molecule has 6 rings (SSSR count). The quantitative estimate of drug-likeness (QED) is 0.521. The molecule has 0 aromatic heterocycles. The minimum atomic E-state index is -0.324. The van der Waals surface area contributed by atoms with Crippen LogP contribution in [0, 0.1) is 0 Å². The number of nitrogens with zero attached hydrogens (tertiary/aromatic N) is 4. The van der Waals surface area contributed by atoms with Gasteiger partial charge in [0.25, 0.3) is 11.8 Å². The van der Waals surface area contributed by atoms with Crippen LogP contribution < -0.4 is 9.80 Å². The van der Waals surface area contributed by atoms with Gasteiger partial charge in [-0.25, -0.2) is 0 Å². The normalized spacial score (nSPS) is 19.9. The number of anilines is 2. The van der Waals surface area contributed by atoms with Gasteiger partial charge in [-0.2, -0.15) is 4.99 Å². The molecule has 3 aromatic carbocycles. The number of para-hydroxylation sites is 2. The van der Waals surface area contributed by atoms with E-state index in [9.17, 15) is 9.59 Å². The first-order valence-electron chi connectivity index (χ1n) is 11.7. The molecule has 3 aliphatic heterocycles. The first-order chi connectivity index (χ1) is 17.2. The number of amidine groups is 1. The fourth-order valence-electron chi connectivity index (χ4n) is 4.81. The number of piperazine rings is 1. The van der Waals surface area contributed by atoms with Gasteiger partial charge < -0.3 is 14.7 Å². The number of benzene rings is 3. The van der Waals surface area contributed by atoms with E-state index in [1.807, 2.05) is 72.8 Å². The van der Waals surface area contributed by atoms with Gasteiger partial charge in [-0.15, -0.1) is 0 Å². The van der Waals surface area contributed by atoms with Gasteiger partial charge in [0.05, 0.1) is 22.7 Å². The molecule has 3 heterocycles. The highest BCUT2D eigenvalue weighted by molar-refractivity contribution is 8.18. The van der Waals surface area contributed by atoms with Crippen LogP contribution in [0.1, 0.15) is 11.1 Å². The van der Waals surface area contributed by atoms with Crippen LogP contribution in [0.4, 0.5) is 11.4 Å². The van der Waals surface area contributed by atoms with E-state index in [0.717, 1.165) is 43.0 Å². The summed E-state index contributed by atoms with van der Waals surface area (Å²) in [6.45, 7) is 3.73. The predicted octanol–water partition coefficient (Wildman–Crippen LogP) is 4.40. The number of amides is 2. The lowest BCUT2D eigenvalue weighted by Crippen LogP contribution is -2.47. The van der Waals surface area contributed by atoms with E-state index in [1.54, 1.807) is 4.90 Å². The van der Waals surface area contributed by atoms with Gasteiger partial charge in [-0.3, -0.25) is 9.59 Å². The van der Waals surface area contributed by atoms with Crippen molar-refractivity contribution in [3.8, 4) is 0 Å². The second-order valence-corrected chi connectivity index (χ2v) is 9.69. The van der Waals surface area contributed by atoms with E-state index in [-0.39, 0.29) is 11.8 Å². The van der Waals surface area contributed by atoms with Crippen LogP contribution in [0.15, 0.2) is 94.8 Å². The Hall–Kier alpha value is -3.84. The summed E-state index contributed by atoms with van der Waals surface area (Å²) in [5, 5.41) is 0.692. The molecular weight excluding hydrogens is 456 g/mol. The number of aliphatic imine (C=N–C) groups is 1. The highest BCUT2D eigenvalue weighted by atomic mass is 32.2. The van der Waals surface area contributed by atoms with Gasteiger partial charge in [0.15, 0.2) is 5.17 Å². The minimum Gasteiger partial charge on any atom is -0.368 e. The minimum absolute atomic E-state index is 0.142. The van der Waals surface area contributed by atoms with Gasteiger partial charge in [0.1, 0.15) is 0 Å². The summed E-state index contributed by atoms with van der Waals surface area (Å²) in [6.07, 6.45) is 0. The number of hydrogen-bond donors (Lipinski definition) is 0. The number of fused-ring (bicyclic) bond motifs is 1. The fourth-order valence-corrected chi connectivity index (χ4v) is 5.86. The molecule has 0 radical (unpaired) electrons. The molecule has 0 saturated carbocycles. The van der Waals surface area contributed by atoms with Crippen molar-refractivity contribution in [3.63, 3.8) is 0 Å². The Balaban J connectivity index is 1.24. The van der Waals surface area contributed by atoms with Crippen molar-refractivity contribution < 1.29 is 9.59 Å². The SMILES string of the molecule is O=C1N=C(N2CCN(c3ccccc3)CC2)SC1=C1C(=O)N(Cc2ccccc2)c2ccccc21. The molecule has 2 amide bonds. The first kappa shape index (κ1) is 21.7. The van der Waals surface area contributed by atoms with Crippen LogP contribution in [0.2, 0.25) is 0 Å². The van der Waals surface area contributed by atoms with Crippen LogP contribution in [-0.2, 0) is 16.1 Å². The number of rotatable bonds is 3. The van der Waals surface area contributed by atoms with Crippen molar-refractivity contribution in [2.75, 3.05) is 36.0 Å². The maximum atomic E-state index is 13.6. The Bertz CT molecular complexity index is 1350. The Morgan fingerprint density at radius 1 is 0.743 bits per heavy atom. The van der Waals surface area contributed by atoms with Crippen molar-refractivity contribution in [1.82, 2.24) is 4.90 Å². The van der Waals surface area contributed by atoms with Crippen molar-refractivity contribution in [2.45, 2.75) is 6.54 Å². The topological polar surface area (TPSA) is 56.2 Å². The second-order valence-electron chi connectivity index (χ2n) is 8.71. The predicted molar refractivity (Wildman–Crippen MR) is 141 cm³/mol. The number of carbonyl (C=O) groups excluding carboxylic acids is 2. The highest BCUT2D eigenvalue weighted by Gasteiger charge is 2.39. The first-order valence-corrected chi connectivity index (χ1v) is 12.6. The smallest absolute Gasteiger partial charge is 0.287 e. The van der Waals surface area contributed by atoms with Crippen molar-refractivity contribution in [3.05, 3.63) is 101 Å². The third-order valence-electron chi connectivity index (χ3n) is 6.59. The van der Waals surface area contributed by atoms with E-state index >= 15 is 0 Å². The molecule has 3 aromatic rings.